The van der Waals surface area contributed by atoms with Crippen molar-refractivity contribution in [3.8, 4) is 0 Å². The molecule has 2 saturated heterocycles. The molecule has 2 saturated carbocycles. The Morgan fingerprint density at radius 1 is 1.19 bits per heavy atom. The minimum absolute atomic E-state index is 0.0147. The van der Waals surface area contributed by atoms with E-state index in [4.69, 9.17) is 10.5 Å². The number of carbonyl (C=O) groups is 5. The van der Waals surface area contributed by atoms with Gasteiger partial charge in [0.25, 0.3) is 0 Å². The van der Waals surface area contributed by atoms with Crippen molar-refractivity contribution in [1.29, 1.82) is 0 Å². The Bertz CT molecular complexity index is 971. The minimum Gasteiger partial charge on any atom is -0.444 e. The van der Waals surface area contributed by atoms with Crippen LogP contribution in [-0.4, -0.2) is 70.9 Å². The normalized spacial score (nSPS) is 29.1. The molecule has 0 unspecified atom stereocenters. The van der Waals surface area contributed by atoms with Crippen molar-refractivity contribution in [1.82, 2.24) is 20.9 Å². The molecule has 0 aromatic carbocycles. The molecule has 2 bridgehead atoms. The third-order valence-corrected chi connectivity index (χ3v) is 8.39. The Hall–Kier alpha value is -2.85. The fourth-order valence-corrected chi connectivity index (χ4v) is 6.47. The number of alkyl carbamates (subject to hydrolysis) is 1. The van der Waals surface area contributed by atoms with Gasteiger partial charge in [-0.3, -0.25) is 19.2 Å². The van der Waals surface area contributed by atoms with Crippen molar-refractivity contribution in [2.24, 2.45) is 28.9 Å². The van der Waals surface area contributed by atoms with E-state index in [2.05, 4.69) is 16.0 Å². The number of amides is 5. The van der Waals surface area contributed by atoms with E-state index in [1.807, 2.05) is 13.8 Å². The Balaban J connectivity index is 1.53. The molecule has 11 heteroatoms. The summed E-state index contributed by atoms with van der Waals surface area (Å²) >= 11 is 0. The largest absolute Gasteiger partial charge is 0.444 e. The highest BCUT2D eigenvalue weighted by Gasteiger charge is 2.67. The summed E-state index contributed by atoms with van der Waals surface area (Å²) in [6.45, 7) is 9.44. The number of primary amides is 1. The highest BCUT2D eigenvalue weighted by molar-refractivity contribution is 5.95. The van der Waals surface area contributed by atoms with Crippen LogP contribution >= 0.6 is 0 Å². The van der Waals surface area contributed by atoms with E-state index in [0.717, 1.165) is 19.3 Å². The number of fused-ring (bicyclic) bond motifs is 3. The Labute approximate surface area is 218 Å². The Morgan fingerprint density at radius 2 is 1.86 bits per heavy atom. The monoisotopic (exact) mass is 519 g/mol. The summed E-state index contributed by atoms with van der Waals surface area (Å²) in [5.74, 6) is -2.25. The summed E-state index contributed by atoms with van der Waals surface area (Å²) in [7, 11) is 0. The minimum atomic E-state index is -1.01. The second kappa shape index (κ2) is 9.79. The smallest absolute Gasteiger partial charge is 0.408 e. The number of likely N-dealkylation sites (tertiary alicyclic amines) is 1. The standard InChI is InChI=1S/C26H41N5O6/c1-13(2)18(30-24(36)37-25(3,4)5)23(35)31-15-11-16(26(12-15)7-8-26)19(31)22(34)29-17(20(27)32)10-14-6-9-28-21(14)33/h13-19H,6-12H2,1-5H3,(H2,27,32)(H,28,33)(H,29,34)(H,30,36)/t14-,15-,16-,17-,18-,19-/m0/s1. The van der Waals surface area contributed by atoms with Crippen LogP contribution in [0, 0.1) is 23.2 Å². The molecule has 2 heterocycles. The molecule has 2 aliphatic carbocycles. The predicted octanol–water partition coefficient (Wildman–Crippen LogP) is 0.802. The first-order valence-corrected chi connectivity index (χ1v) is 13.4. The predicted molar refractivity (Wildman–Crippen MR) is 134 cm³/mol. The fraction of sp³-hybridized carbons (Fsp3) is 0.808. The number of nitrogens with one attached hydrogen (secondary N) is 3. The van der Waals surface area contributed by atoms with Crippen LogP contribution < -0.4 is 21.7 Å². The zero-order valence-electron chi connectivity index (χ0n) is 22.5. The molecule has 1 spiro atoms. The number of hydrogen-bond donors (Lipinski definition) is 4. The van der Waals surface area contributed by atoms with Gasteiger partial charge < -0.3 is 31.3 Å². The third kappa shape index (κ3) is 5.55. The zero-order valence-corrected chi connectivity index (χ0v) is 22.5. The lowest BCUT2D eigenvalue weighted by Crippen LogP contribution is -2.62. The van der Waals surface area contributed by atoms with Crippen molar-refractivity contribution in [3.63, 3.8) is 0 Å². The van der Waals surface area contributed by atoms with Gasteiger partial charge >= 0.3 is 6.09 Å². The SMILES string of the molecule is CC(C)[C@H](NC(=O)OC(C)(C)C)C(=O)N1[C@H]2C[C@@H]([C@H]1C(=O)N[C@@H](C[C@@H]1CCNC1=O)C(N)=O)C1(CC1)C2. The van der Waals surface area contributed by atoms with E-state index in [-0.39, 0.29) is 41.5 Å². The molecule has 6 atom stereocenters. The molecule has 206 valence electrons. The van der Waals surface area contributed by atoms with Gasteiger partial charge in [0.2, 0.25) is 23.6 Å². The molecule has 0 radical (unpaired) electrons. The van der Waals surface area contributed by atoms with Gasteiger partial charge in [0.05, 0.1) is 0 Å². The topological polar surface area (TPSA) is 160 Å². The van der Waals surface area contributed by atoms with Crippen molar-refractivity contribution in [3.05, 3.63) is 0 Å². The molecule has 5 N–H and O–H groups in total. The van der Waals surface area contributed by atoms with Crippen LogP contribution in [0.4, 0.5) is 4.79 Å². The number of piperidine rings is 1. The van der Waals surface area contributed by atoms with E-state index in [1.165, 1.54) is 0 Å². The van der Waals surface area contributed by atoms with Crippen LogP contribution in [0.2, 0.25) is 0 Å². The average Bonchev–Trinajstić information content (AvgIpc) is 3.09. The quantitative estimate of drug-likeness (QED) is 0.371. The number of carbonyl (C=O) groups excluding carboxylic acids is 5. The molecule has 4 fully saturated rings. The molecular formula is C26H41N5O6. The maximum Gasteiger partial charge on any atom is 0.408 e. The molecule has 2 aliphatic heterocycles. The number of nitrogens with zero attached hydrogens (tertiary/aromatic N) is 1. The highest BCUT2D eigenvalue weighted by Crippen LogP contribution is 2.67. The maximum absolute atomic E-state index is 13.9. The lowest BCUT2D eigenvalue weighted by atomic mass is 9.83. The van der Waals surface area contributed by atoms with Crippen LogP contribution in [0.1, 0.15) is 73.1 Å². The van der Waals surface area contributed by atoms with Crippen molar-refractivity contribution >= 4 is 29.7 Å². The van der Waals surface area contributed by atoms with Gasteiger partial charge in [-0.15, -0.1) is 0 Å². The van der Waals surface area contributed by atoms with Gasteiger partial charge in [-0.2, -0.15) is 0 Å². The summed E-state index contributed by atoms with van der Waals surface area (Å²) in [5.41, 5.74) is 4.95. The summed E-state index contributed by atoms with van der Waals surface area (Å²) in [5, 5.41) is 8.23. The number of nitrogens with two attached hydrogens (primary N) is 1. The lowest BCUT2D eigenvalue weighted by Gasteiger charge is -2.41. The first-order valence-electron chi connectivity index (χ1n) is 13.4. The Morgan fingerprint density at radius 3 is 2.38 bits per heavy atom. The third-order valence-electron chi connectivity index (χ3n) is 8.39. The Kier molecular flexibility index (Phi) is 7.20. The summed E-state index contributed by atoms with van der Waals surface area (Å²) in [6, 6.07) is -2.73. The van der Waals surface area contributed by atoms with Crippen LogP contribution in [0.5, 0.6) is 0 Å². The zero-order chi connectivity index (χ0) is 27.3. The van der Waals surface area contributed by atoms with Crippen LogP contribution in [0.15, 0.2) is 0 Å². The molecule has 4 rings (SSSR count). The number of rotatable bonds is 8. The summed E-state index contributed by atoms with van der Waals surface area (Å²) in [4.78, 5) is 66.0. The lowest BCUT2D eigenvalue weighted by molar-refractivity contribution is -0.147. The van der Waals surface area contributed by atoms with E-state index >= 15 is 0 Å². The molecule has 11 nitrogen and oxygen atoms in total. The molecular weight excluding hydrogens is 478 g/mol. The van der Waals surface area contributed by atoms with Crippen molar-refractivity contribution in [2.75, 3.05) is 6.54 Å². The van der Waals surface area contributed by atoms with Gasteiger partial charge in [-0.1, -0.05) is 13.8 Å². The van der Waals surface area contributed by atoms with E-state index in [9.17, 15) is 24.0 Å². The van der Waals surface area contributed by atoms with Crippen LogP contribution in [0.25, 0.3) is 0 Å². The van der Waals surface area contributed by atoms with E-state index in [0.29, 0.717) is 19.4 Å². The van der Waals surface area contributed by atoms with Crippen LogP contribution in [0.3, 0.4) is 0 Å². The first kappa shape index (κ1) is 27.2. The van der Waals surface area contributed by atoms with Crippen molar-refractivity contribution in [2.45, 2.75) is 103 Å². The average molecular weight is 520 g/mol. The van der Waals surface area contributed by atoms with E-state index < -0.39 is 47.6 Å². The summed E-state index contributed by atoms with van der Waals surface area (Å²) < 4.78 is 5.38. The van der Waals surface area contributed by atoms with E-state index in [1.54, 1.807) is 25.7 Å². The molecule has 5 amide bonds. The van der Waals surface area contributed by atoms with Gasteiger partial charge in [0.15, 0.2) is 0 Å². The highest BCUT2D eigenvalue weighted by atomic mass is 16.6. The molecule has 37 heavy (non-hydrogen) atoms. The molecule has 0 aromatic heterocycles. The number of hydrogen-bond acceptors (Lipinski definition) is 6. The summed E-state index contributed by atoms with van der Waals surface area (Å²) in [6.07, 6.45) is 3.61. The molecule has 4 aliphatic rings. The second-order valence-corrected chi connectivity index (χ2v) is 12.6. The fourth-order valence-electron chi connectivity index (χ4n) is 6.47. The maximum atomic E-state index is 13.9. The number of ether oxygens (including phenoxy) is 1. The van der Waals surface area contributed by atoms with Gasteiger partial charge in [0.1, 0.15) is 23.7 Å². The molecule has 0 aromatic rings. The van der Waals surface area contributed by atoms with Crippen molar-refractivity contribution < 1.29 is 28.7 Å². The van der Waals surface area contributed by atoms with Gasteiger partial charge in [0, 0.05) is 18.5 Å². The van der Waals surface area contributed by atoms with Crippen LogP contribution in [-0.2, 0) is 23.9 Å². The first-order chi connectivity index (χ1) is 17.2. The van der Waals surface area contributed by atoms with Gasteiger partial charge in [-0.05, 0) is 76.5 Å². The van der Waals surface area contributed by atoms with Gasteiger partial charge in [-0.25, -0.2) is 4.79 Å². The second-order valence-electron chi connectivity index (χ2n) is 12.6.